The molecule has 1 nitrogen and oxygen atoms in total. The Morgan fingerprint density at radius 3 is 1.88 bits per heavy atom. The van der Waals surface area contributed by atoms with Gasteiger partial charge < -0.3 is 4.42 Å². The molecule has 1 heteroatoms. The first-order valence-corrected chi connectivity index (χ1v) is 11.4. The van der Waals surface area contributed by atoms with E-state index in [9.17, 15) is 0 Å². The molecule has 0 saturated heterocycles. The summed E-state index contributed by atoms with van der Waals surface area (Å²) in [7, 11) is 0. The van der Waals surface area contributed by atoms with Gasteiger partial charge in [-0.05, 0) is 35.4 Å². The largest absolute Gasteiger partial charge is 0.460 e. The first-order valence-electron chi connectivity index (χ1n) is 11.4. The summed E-state index contributed by atoms with van der Waals surface area (Å²) < 4.78 is 6.39. The topological polar surface area (TPSA) is 13.1 Å². The van der Waals surface area contributed by atoms with Gasteiger partial charge >= 0.3 is 0 Å². The molecule has 0 bridgehead atoms. The molecule has 0 aliphatic carbocycles. The van der Waals surface area contributed by atoms with Crippen LogP contribution in [0, 0.1) is 11.8 Å². The Balaban J connectivity index is 1.61. The molecule has 1 aromatic heterocycles. The van der Waals surface area contributed by atoms with Gasteiger partial charge in [0.05, 0.1) is 5.92 Å². The number of benzene rings is 4. The van der Waals surface area contributed by atoms with E-state index in [-0.39, 0.29) is 5.92 Å². The SMILES string of the molecule is C(#Cc1ccccc1)/C(=C\C(c1ccccc1)c1ccc(-c2ccccc2)o1)c1ccccc1. The summed E-state index contributed by atoms with van der Waals surface area (Å²) in [5, 5.41) is 0. The number of rotatable bonds is 5. The first-order chi connectivity index (χ1) is 16.9. The van der Waals surface area contributed by atoms with Crippen LogP contribution in [0.3, 0.4) is 0 Å². The van der Waals surface area contributed by atoms with Crippen molar-refractivity contribution < 1.29 is 4.42 Å². The van der Waals surface area contributed by atoms with Crippen molar-refractivity contribution in [2.24, 2.45) is 0 Å². The van der Waals surface area contributed by atoms with E-state index in [0.717, 1.165) is 39.3 Å². The van der Waals surface area contributed by atoms with E-state index >= 15 is 0 Å². The predicted octanol–water partition coefficient (Wildman–Crippen LogP) is 8.21. The second kappa shape index (κ2) is 10.4. The summed E-state index contributed by atoms with van der Waals surface area (Å²) in [5.41, 5.74) is 5.27. The molecule has 0 N–H and O–H groups in total. The molecule has 1 heterocycles. The molecule has 5 aromatic rings. The van der Waals surface area contributed by atoms with Crippen molar-refractivity contribution in [3.05, 3.63) is 162 Å². The zero-order valence-corrected chi connectivity index (χ0v) is 18.8. The fourth-order valence-electron chi connectivity index (χ4n) is 3.94. The van der Waals surface area contributed by atoms with Gasteiger partial charge in [-0.25, -0.2) is 0 Å². The van der Waals surface area contributed by atoms with E-state index < -0.39 is 0 Å². The smallest absolute Gasteiger partial charge is 0.134 e. The maximum absolute atomic E-state index is 6.39. The molecule has 0 radical (unpaired) electrons. The van der Waals surface area contributed by atoms with Crippen LogP contribution in [0.5, 0.6) is 0 Å². The lowest BCUT2D eigenvalue weighted by atomic mass is 9.92. The zero-order valence-electron chi connectivity index (χ0n) is 18.8. The molecule has 34 heavy (non-hydrogen) atoms. The van der Waals surface area contributed by atoms with Crippen molar-refractivity contribution in [3.8, 4) is 23.2 Å². The van der Waals surface area contributed by atoms with E-state index in [1.165, 1.54) is 0 Å². The molecule has 1 atom stereocenters. The van der Waals surface area contributed by atoms with Gasteiger partial charge in [0.25, 0.3) is 0 Å². The molecule has 0 amide bonds. The monoisotopic (exact) mass is 436 g/mol. The molecular weight excluding hydrogens is 412 g/mol. The third kappa shape index (κ3) is 5.09. The van der Waals surface area contributed by atoms with Gasteiger partial charge in [-0.2, -0.15) is 0 Å². The highest BCUT2D eigenvalue weighted by molar-refractivity contribution is 5.80. The standard InChI is InChI=1S/C33H24O/c1-5-13-26(14-6-1)21-22-30(27-15-7-2-8-16-27)25-31(28-17-9-3-10-18-28)33-24-23-32(34-33)29-19-11-4-12-20-29/h1-20,23-25,31H/b30-25+. The van der Waals surface area contributed by atoms with Crippen LogP contribution in [0.1, 0.15) is 28.4 Å². The lowest BCUT2D eigenvalue weighted by Crippen LogP contribution is -1.98. The maximum atomic E-state index is 6.39. The molecule has 0 saturated carbocycles. The van der Waals surface area contributed by atoms with E-state index in [1.807, 2.05) is 78.9 Å². The van der Waals surface area contributed by atoms with Crippen LogP contribution in [0.4, 0.5) is 0 Å². The second-order valence-corrected chi connectivity index (χ2v) is 8.02. The molecular formula is C33H24O. The fourth-order valence-corrected chi connectivity index (χ4v) is 3.94. The van der Waals surface area contributed by atoms with Gasteiger partial charge in [-0.3, -0.25) is 0 Å². The Kier molecular flexibility index (Phi) is 6.51. The van der Waals surface area contributed by atoms with Crippen molar-refractivity contribution in [2.45, 2.75) is 5.92 Å². The van der Waals surface area contributed by atoms with Crippen LogP contribution >= 0.6 is 0 Å². The normalized spacial score (nSPS) is 11.9. The average molecular weight is 437 g/mol. The van der Waals surface area contributed by atoms with Crippen molar-refractivity contribution in [3.63, 3.8) is 0 Å². The third-order valence-electron chi connectivity index (χ3n) is 5.68. The molecule has 0 aliphatic rings. The maximum Gasteiger partial charge on any atom is 0.134 e. The van der Waals surface area contributed by atoms with Gasteiger partial charge in [-0.1, -0.05) is 127 Å². The molecule has 1 unspecified atom stereocenters. The summed E-state index contributed by atoms with van der Waals surface area (Å²) >= 11 is 0. The van der Waals surface area contributed by atoms with Gasteiger partial charge in [0.2, 0.25) is 0 Å². The van der Waals surface area contributed by atoms with Crippen LogP contribution in [0.25, 0.3) is 16.9 Å². The van der Waals surface area contributed by atoms with Crippen LogP contribution < -0.4 is 0 Å². The van der Waals surface area contributed by atoms with Crippen LogP contribution in [-0.2, 0) is 0 Å². The van der Waals surface area contributed by atoms with Gasteiger partial charge in [0, 0.05) is 16.7 Å². The summed E-state index contributed by atoms with van der Waals surface area (Å²) in [6, 6.07) is 45.2. The lowest BCUT2D eigenvalue weighted by molar-refractivity contribution is 0.519. The van der Waals surface area contributed by atoms with Crippen molar-refractivity contribution in [1.82, 2.24) is 0 Å². The first kappa shape index (κ1) is 21.3. The van der Waals surface area contributed by atoms with Crippen LogP contribution in [0.2, 0.25) is 0 Å². The fraction of sp³-hybridized carbons (Fsp3) is 0.0303. The Morgan fingerprint density at radius 2 is 1.21 bits per heavy atom. The van der Waals surface area contributed by atoms with E-state index in [4.69, 9.17) is 4.42 Å². The molecule has 5 rings (SSSR count). The quantitative estimate of drug-likeness (QED) is 0.253. The van der Waals surface area contributed by atoms with Crippen molar-refractivity contribution >= 4 is 5.57 Å². The molecule has 0 aliphatic heterocycles. The second-order valence-electron chi connectivity index (χ2n) is 8.02. The van der Waals surface area contributed by atoms with E-state index in [2.05, 4.69) is 72.5 Å². The number of hydrogen-bond donors (Lipinski definition) is 0. The van der Waals surface area contributed by atoms with E-state index in [1.54, 1.807) is 0 Å². The highest BCUT2D eigenvalue weighted by atomic mass is 16.3. The minimum Gasteiger partial charge on any atom is -0.460 e. The number of allylic oxidation sites excluding steroid dienone is 2. The minimum atomic E-state index is -0.0704. The summed E-state index contributed by atoms with van der Waals surface area (Å²) in [5.74, 6) is 8.44. The summed E-state index contributed by atoms with van der Waals surface area (Å²) in [6.07, 6.45) is 2.22. The summed E-state index contributed by atoms with van der Waals surface area (Å²) in [6.45, 7) is 0. The molecule has 0 spiro atoms. The lowest BCUT2D eigenvalue weighted by Gasteiger charge is -2.13. The van der Waals surface area contributed by atoms with Crippen molar-refractivity contribution in [2.75, 3.05) is 0 Å². The van der Waals surface area contributed by atoms with Gasteiger partial charge in [0.15, 0.2) is 0 Å². The van der Waals surface area contributed by atoms with Crippen LogP contribution in [-0.4, -0.2) is 0 Å². The third-order valence-corrected chi connectivity index (χ3v) is 5.68. The minimum absolute atomic E-state index is 0.0704. The molecule has 0 fully saturated rings. The van der Waals surface area contributed by atoms with Gasteiger partial charge in [-0.15, -0.1) is 0 Å². The van der Waals surface area contributed by atoms with E-state index in [0.29, 0.717) is 0 Å². The Labute approximate surface area is 201 Å². The highest BCUT2D eigenvalue weighted by Gasteiger charge is 2.18. The summed E-state index contributed by atoms with van der Waals surface area (Å²) in [4.78, 5) is 0. The zero-order chi connectivity index (χ0) is 23.0. The number of hydrogen-bond acceptors (Lipinski definition) is 1. The number of furan rings is 1. The Morgan fingerprint density at radius 1 is 0.618 bits per heavy atom. The van der Waals surface area contributed by atoms with Crippen LogP contribution in [0.15, 0.2) is 144 Å². The molecule has 4 aromatic carbocycles. The van der Waals surface area contributed by atoms with Crippen molar-refractivity contribution in [1.29, 1.82) is 0 Å². The van der Waals surface area contributed by atoms with Gasteiger partial charge in [0.1, 0.15) is 11.5 Å². The average Bonchev–Trinajstić information content (AvgIpc) is 3.41. The predicted molar refractivity (Wildman–Crippen MR) is 140 cm³/mol. The molecule has 162 valence electrons. The Bertz CT molecular complexity index is 1420. The Hall–Kier alpha value is -4.54. The highest BCUT2D eigenvalue weighted by Crippen LogP contribution is 2.33.